The van der Waals surface area contributed by atoms with Crippen LogP contribution in [0.25, 0.3) is 0 Å². The summed E-state index contributed by atoms with van der Waals surface area (Å²) in [5.41, 5.74) is 0. The van der Waals surface area contributed by atoms with Crippen LogP contribution in [-0.4, -0.2) is 37.2 Å². The van der Waals surface area contributed by atoms with Crippen molar-refractivity contribution in [3.8, 4) is 0 Å². The van der Waals surface area contributed by atoms with Crippen LogP contribution < -0.4 is 0 Å². The van der Waals surface area contributed by atoms with Gasteiger partial charge in [-0.05, 0) is 96.3 Å². The molecule has 0 heterocycles. The molecule has 63 heavy (non-hydrogen) atoms. The van der Waals surface area contributed by atoms with E-state index in [1.807, 2.05) is 0 Å². The highest BCUT2D eigenvalue weighted by molar-refractivity contribution is 5.71. The number of unbranched alkanes of at least 4 members (excludes halogenated alkanes) is 30. The monoisotopic (exact) mass is 883 g/mol. The molecule has 0 aliphatic carbocycles. The number of ether oxygens (including phenoxy) is 3. The maximum atomic E-state index is 12.8. The molecule has 0 radical (unpaired) electrons. The molecule has 0 amide bonds. The van der Waals surface area contributed by atoms with Crippen LogP contribution in [0.1, 0.15) is 278 Å². The van der Waals surface area contributed by atoms with Gasteiger partial charge in [-0.3, -0.25) is 14.4 Å². The lowest BCUT2D eigenvalue weighted by atomic mass is 10.1. The molecule has 6 heteroatoms. The SMILES string of the molecule is CCCC/C=C\C/C=C\CCCCCCCC(=O)OC(COC(=O)CCCCCCC/C=C\CCCCCCC)COC(=O)CCCCCCCCC/C=C\CCCCCCCC. The first-order chi connectivity index (χ1) is 31.0. The van der Waals surface area contributed by atoms with Crippen molar-refractivity contribution in [1.29, 1.82) is 0 Å². The van der Waals surface area contributed by atoms with Crippen molar-refractivity contribution in [2.45, 2.75) is 284 Å². The van der Waals surface area contributed by atoms with Gasteiger partial charge in [0.2, 0.25) is 0 Å². The highest BCUT2D eigenvalue weighted by atomic mass is 16.6. The molecule has 0 N–H and O–H groups in total. The van der Waals surface area contributed by atoms with Gasteiger partial charge in [0.05, 0.1) is 0 Å². The van der Waals surface area contributed by atoms with Crippen LogP contribution in [0.3, 0.4) is 0 Å². The Labute approximate surface area is 390 Å². The van der Waals surface area contributed by atoms with Crippen LogP contribution in [0.2, 0.25) is 0 Å². The lowest BCUT2D eigenvalue weighted by Crippen LogP contribution is -2.30. The Hall–Kier alpha value is -2.63. The van der Waals surface area contributed by atoms with Gasteiger partial charge in [0, 0.05) is 19.3 Å². The largest absolute Gasteiger partial charge is 0.462 e. The van der Waals surface area contributed by atoms with Crippen LogP contribution in [-0.2, 0) is 28.6 Å². The third-order valence-electron chi connectivity index (χ3n) is 11.8. The normalized spacial score (nSPS) is 12.4. The Balaban J connectivity index is 4.39. The minimum atomic E-state index is -0.784. The second kappa shape index (κ2) is 52.0. The van der Waals surface area contributed by atoms with Gasteiger partial charge in [0.1, 0.15) is 13.2 Å². The summed E-state index contributed by atoms with van der Waals surface area (Å²) in [5.74, 6) is -0.901. The summed E-state index contributed by atoms with van der Waals surface area (Å²) in [6.45, 7) is 6.58. The fourth-order valence-electron chi connectivity index (χ4n) is 7.62. The van der Waals surface area contributed by atoms with Crippen molar-refractivity contribution in [3.63, 3.8) is 0 Å². The molecule has 6 nitrogen and oxygen atoms in total. The molecule has 366 valence electrons. The summed E-state index contributed by atoms with van der Waals surface area (Å²) in [6, 6.07) is 0. The van der Waals surface area contributed by atoms with Crippen molar-refractivity contribution < 1.29 is 28.6 Å². The number of allylic oxidation sites excluding steroid dienone is 8. The molecule has 0 aliphatic rings. The predicted molar refractivity (Wildman–Crippen MR) is 270 cm³/mol. The van der Waals surface area contributed by atoms with Gasteiger partial charge in [-0.2, -0.15) is 0 Å². The Morgan fingerprint density at radius 3 is 0.937 bits per heavy atom. The molecule has 0 saturated heterocycles. The fraction of sp³-hybridized carbons (Fsp3) is 0.807. The number of carbonyl (C=O) groups is 3. The van der Waals surface area contributed by atoms with E-state index < -0.39 is 6.10 Å². The molecule has 0 aromatic rings. The second-order valence-electron chi connectivity index (χ2n) is 18.1. The molecule has 0 aromatic carbocycles. The van der Waals surface area contributed by atoms with Crippen molar-refractivity contribution in [3.05, 3.63) is 48.6 Å². The number of esters is 3. The van der Waals surface area contributed by atoms with E-state index in [1.165, 1.54) is 148 Å². The first kappa shape index (κ1) is 60.4. The second-order valence-corrected chi connectivity index (χ2v) is 18.1. The standard InChI is InChI=1S/C57H102O6/c1-4-7-10-13-16-19-22-25-28-29-30-33-35-38-41-44-47-50-56(59)62-53-54(63-57(60)51-48-45-42-39-36-32-27-24-21-18-15-12-9-6-3)52-61-55(58)49-46-43-40-37-34-31-26-23-20-17-14-11-8-5-2/h15,18,23-28,54H,4-14,16-17,19-22,29-53H2,1-3H3/b18-15-,26-23-,27-24-,28-25-. The molecular weight excluding hydrogens is 781 g/mol. The Morgan fingerprint density at radius 2 is 0.587 bits per heavy atom. The first-order valence-electron chi connectivity index (χ1n) is 27.1. The zero-order chi connectivity index (χ0) is 45.8. The van der Waals surface area contributed by atoms with E-state index in [9.17, 15) is 14.4 Å². The molecular formula is C57H102O6. The van der Waals surface area contributed by atoms with E-state index in [0.29, 0.717) is 19.3 Å². The summed E-state index contributed by atoms with van der Waals surface area (Å²) >= 11 is 0. The van der Waals surface area contributed by atoms with Crippen LogP contribution in [0.4, 0.5) is 0 Å². The number of carbonyl (C=O) groups excluding carboxylic acids is 3. The van der Waals surface area contributed by atoms with Gasteiger partial charge >= 0.3 is 17.9 Å². The Kier molecular flexibility index (Phi) is 49.8. The van der Waals surface area contributed by atoms with Crippen molar-refractivity contribution in [2.24, 2.45) is 0 Å². The maximum Gasteiger partial charge on any atom is 0.306 e. The molecule has 1 atom stereocenters. The van der Waals surface area contributed by atoms with Crippen molar-refractivity contribution in [1.82, 2.24) is 0 Å². The summed E-state index contributed by atoms with van der Waals surface area (Å²) < 4.78 is 16.8. The molecule has 0 rings (SSSR count). The lowest BCUT2D eigenvalue weighted by molar-refractivity contribution is -0.167. The highest BCUT2D eigenvalue weighted by Gasteiger charge is 2.19. The maximum absolute atomic E-state index is 12.8. The van der Waals surface area contributed by atoms with Gasteiger partial charge in [-0.1, -0.05) is 211 Å². The van der Waals surface area contributed by atoms with E-state index in [0.717, 1.165) is 89.9 Å². The number of rotatable bonds is 49. The third kappa shape index (κ3) is 50.2. The minimum Gasteiger partial charge on any atom is -0.462 e. The molecule has 0 fully saturated rings. The van der Waals surface area contributed by atoms with Crippen molar-refractivity contribution >= 4 is 17.9 Å². The first-order valence-corrected chi connectivity index (χ1v) is 27.1. The molecule has 0 aliphatic heterocycles. The molecule has 0 bridgehead atoms. The lowest BCUT2D eigenvalue weighted by Gasteiger charge is -2.18. The quantitative estimate of drug-likeness (QED) is 0.0262. The Morgan fingerprint density at radius 1 is 0.317 bits per heavy atom. The molecule has 0 saturated carbocycles. The summed E-state index contributed by atoms with van der Waals surface area (Å²) in [7, 11) is 0. The number of hydrogen-bond acceptors (Lipinski definition) is 6. The molecule has 0 aromatic heterocycles. The zero-order valence-corrected chi connectivity index (χ0v) is 41.8. The fourth-order valence-corrected chi connectivity index (χ4v) is 7.62. The Bertz CT molecular complexity index is 1110. The average Bonchev–Trinajstić information content (AvgIpc) is 3.28. The van der Waals surface area contributed by atoms with Crippen LogP contribution in [0.5, 0.6) is 0 Å². The van der Waals surface area contributed by atoms with E-state index in [2.05, 4.69) is 69.4 Å². The topological polar surface area (TPSA) is 78.9 Å². The van der Waals surface area contributed by atoms with E-state index >= 15 is 0 Å². The van der Waals surface area contributed by atoms with Gasteiger partial charge < -0.3 is 14.2 Å². The predicted octanol–water partition coefficient (Wildman–Crippen LogP) is 17.9. The van der Waals surface area contributed by atoms with Gasteiger partial charge in [-0.15, -0.1) is 0 Å². The average molecular weight is 883 g/mol. The van der Waals surface area contributed by atoms with Gasteiger partial charge in [0.15, 0.2) is 6.10 Å². The van der Waals surface area contributed by atoms with Crippen LogP contribution in [0.15, 0.2) is 48.6 Å². The minimum absolute atomic E-state index is 0.0827. The highest BCUT2D eigenvalue weighted by Crippen LogP contribution is 2.15. The summed E-state index contributed by atoms with van der Waals surface area (Å²) in [4.78, 5) is 38.0. The van der Waals surface area contributed by atoms with E-state index in [4.69, 9.17) is 14.2 Å². The van der Waals surface area contributed by atoms with E-state index in [-0.39, 0.29) is 31.1 Å². The smallest absolute Gasteiger partial charge is 0.306 e. The van der Waals surface area contributed by atoms with Crippen LogP contribution in [0, 0.1) is 0 Å². The summed E-state index contributed by atoms with van der Waals surface area (Å²) in [6.07, 6.45) is 62.3. The third-order valence-corrected chi connectivity index (χ3v) is 11.8. The van der Waals surface area contributed by atoms with Crippen LogP contribution >= 0.6 is 0 Å². The summed E-state index contributed by atoms with van der Waals surface area (Å²) in [5, 5.41) is 0. The van der Waals surface area contributed by atoms with E-state index in [1.54, 1.807) is 0 Å². The molecule has 0 spiro atoms. The van der Waals surface area contributed by atoms with Gasteiger partial charge in [0.25, 0.3) is 0 Å². The van der Waals surface area contributed by atoms with Gasteiger partial charge in [-0.25, -0.2) is 0 Å². The molecule has 1 unspecified atom stereocenters. The number of hydrogen-bond donors (Lipinski definition) is 0. The van der Waals surface area contributed by atoms with Crippen molar-refractivity contribution in [2.75, 3.05) is 13.2 Å². The zero-order valence-electron chi connectivity index (χ0n) is 41.8.